The first-order valence-corrected chi connectivity index (χ1v) is 7.75. The highest BCUT2D eigenvalue weighted by Crippen LogP contribution is 2.18. The summed E-state index contributed by atoms with van der Waals surface area (Å²) in [5.74, 6) is -0.769. The normalized spacial score (nSPS) is 12.0. The fourth-order valence-corrected chi connectivity index (χ4v) is 2.52. The van der Waals surface area contributed by atoms with Gasteiger partial charge in [0, 0.05) is 5.38 Å². The number of aliphatic hydroxyl groups is 1. The van der Waals surface area contributed by atoms with Gasteiger partial charge >= 0.3 is 0 Å². The summed E-state index contributed by atoms with van der Waals surface area (Å²) in [7, 11) is 0. The Morgan fingerprint density at radius 1 is 1.50 bits per heavy atom. The third-order valence-corrected chi connectivity index (χ3v) is 3.84. The van der Waals surface area contributed by atoms with Crippen LogP contribution in [0.3, 0.4) is 0 Å². The number of carbonyl (C=O) groups is 1. The summed E-state index contributed by atoms with van der Waals surface area (Å²) in [6, 6.07) is 5.98. The van der Waals surface area contributed by atoms with E-state index < -0.39 is 11.9 Å². The van der Waals surface area contributed by atoms with Crippen LogP contribution >= 0.6 is 11.3 Å². The van der Waals surface area contributed by atoms with Gasteiger partial charge in [-0.3, -0.25) is 4.79 Å². The number of nitrogens with one attached hydrogen (secondary N) is 1. The molecule has 0 radical (unpaired) electrons. The molecule has 118 valence electrons. The van der Waals surface area contributed by atoms with Crippen molar-refractivity contribution in [2.45, 2.75) is 32.6 Å². The molecule has 0 unspecified atom stereocenters. The van der Waals surface area contributed by atoms with E-state index >= 15 is 0 Å². The second-order valence-electron chi connectivity index (χ2n) is 4.55. The van der Waals surface area contributed by atoms with E-state index in [2.05, 4.69) is 10.3 Å². The fourth-order valence-electron chi connectivity index (χ4n) is 1.80. The SMILES string of the molecule is CC[C@H](Oc1ccccc1F)C(=O)NCc1nc(CO)cs1. The Labute approximate surface area is 131 Å². The van der Waals surface area contributed by atoms with Crippen molar-refractivity contribution < 1.29 is 19.0 Å². The molecule has 0 saturated heterocycles. The molecule has 5 nitrogen and oxygen atoms in total. The molecule has 0 spiro atoms. The molecular formula is C15H17FN2O3S. The second-order valence-corrected chi connectivity index (χ2v) is 5.50. The van der Waals surface area contributed by atoms with Crippen molar-refractivity contribution in [3.63, 3.8) is 0 Å². The zero-order valence-corrected chi connectivity index (χ0v) is 12.9. The molecule has 2 N–H and O–H groups in total. The summed E-state index contributed by atoms with van der Waals surface area (Å²) in [5.41, 5.74) is 0.573. The Bertz CT molecular complexity index is 633. The van der Waals surface area contributed by atoms with Crippen LogP contribution in [0.1, 0.15) is 24.0 Å². The van der Waals surface area contributed by atoms with E-state index in [1.165, 1.54) is 23.5 Å². The number of hydrogen-bond acceptors (Lipinski definition) is 5. The number of amides is 1. The second kappa shape index (κ2) is 7.86. The van der Waals surface area contributed by atoms with Gasteiger partial charge in [-0.1, -0.05) is 19.1 Å². The number of ether oxygens (including phenoxy) is 1. The first kappa shape index (κ1) is 16.4. The maximum atomic E-state index is 13.6. The smallest absolute Gasteiger partial charge is 0.261 e. The van der Waals surface area contributed by atoms with Gasteiger partial charge in [0.25, 0.3) is 5.91 Å². The van der Waals surface area contributed by atoms with Crippen LogP contribution in [0.4, 0.5) is 4.39 Å². The van der Waals surface area contributed by atoms with Crippen molar-refractivity contribution in [2.75, 3.05) is 0 Å². The summed E-state index contributed by atoms with van der Waals surface area (Å²) < 4.78 is 19.0. The van der Waals surface area contributed by atoms with Gasteiger partial charge in [-0.2, -0.15) is 0 Å². The molecule has 7 heteroatoms. The first-order chi connectivity index (χ1) is 10.6. The standard InChI is InChI=1S/C15H17FN2O3S/c1-2-12(21-13-6-4-3-5-11(13)16)15(20)17-7-14-18-10(8-19)9-22-14/h3-6,9,12,19H,2,7-8H2,1H3,(H,17,20)/t12-/m0/s1. The van der Waals surface area contributed by atoms with Gasteiger partial charge in [-0.25, -0.2) is 9.37 Å². The van der Waals surface area contributed by atoms with E-state index in [9.17, 15) is 9.18 Å². The number of nitrogens with zero attached hydrogens (tertiary/aromatic N) is 1. The molecule has 0 saturated carbocycles. The van der Waals surface area contributed by atoms with Crippen molar-refractivity contribution in [3.8, 4) is 5.75 Å². The zero-order chi connectivity index (χ0) is 15.9. The third-order valence-electron chi connectivity index (χ3n) is 2.94. The molecule has 1 aromatic carbocycles. The summed E-state index contributed by atoms with van der Waals surface area (Å²) in [6.45, 7) is 1.91. The van der Waals surface area contributed by atoms with E-state index in [1.54, 1.807) is 24.4 Å². The van der Waals surface area contributed by atoms with Crippen LogP contribution in [0.25, 0.3) is 0 Å². The predicted molar refractivity (Wildman–Crippen MR) is 81.0 cm³/mol. The Morgan fingerprint density at radius 2 is 2.27 bits per heavy atom. The fraction of sp³-hybridized carbons (Fsp3) is 0.333. The number of aromatic nitrogens is 1. The lowest BCUT2D eigenvalue weighted by Crippen LogP contribution is -2.37. The molecule has 1 atom stereocenters. The monoisotopic (exact) mass is 324 g/mol. The molecule has 1 heterocycles. The quantitative estimate of drug-likeness (QED) is 0.819. The number of rotatable bonds is 7. The van der Waals surface area contributed by atoms with Crippen LogP contribution in [0, 0.1) is 5.82 Å². The van der Waals surface area contributed by atoms with Gasteiger partial charge in [0.05, 0.1) is 18.8 Å². The van der Waals surface area contributed by atoms with Gasteiger partial charge in [0.2, 0.25) is 0 Å². The molecule has 0 aliphatic rings. The van der Waals surface area contributed by atoms with Crippen LogP contribution < -0.4 is 10.1 Å². The molecule has 22 heavy (non-hydrogen) atoms. The Kier molecular flexibility index (Phi) is 5.85. The summed E-state index contributed by atoms with van der Waals surface area (Å²) in [6.07, 6.45) is -0.353. The number of halogens is 1. The molecule has 0 aliphatic heterocycles. The van der Waals surface area contributed by atoms with Crippen LogP contribution in [0.15, 0.2) is 29.6 Å². The molecule has 2 aromatic rings. The lowest BCUT2D eigenvalue weighted by Gasteiger charge is -2.17. The van der Waals surface area contributed by atoms with Crippen LogP contribution in [0.2, 0.25) is 0 Å². The predicted octanol–water partition coefficient (Wildman–Crippen LogP) is 2.25. The van der Waals surface area contributed by atoms with E-state index in [1.807, 2.05) is 0 Å². The molecule has 0 fully saturated rings. The number of thiazole rings is 1. The van der Waals surface area contributed by atoms with Crippen LogP contribution in [-0.4, -0.2) is 22.1 Å². The number of carbonyl (C=O) groups excluding carboxylic acids is 1. The van der Waals surface area contributed by atoms with Crippen molar-refractivity contribution in [3.05, 3.63) is 46.2 Å². The van der Waals surface area contributed by atoms with Gasteiger partial charge < -0.3 is 15.2 Å². The average molecular weight is 324 g/mol. The lowest BCUT2D eigenvalue weighted by molar-refractivity contribution is -0.128. The van der Waals surface area contributed by atoms with E-state index in [0.29, 0.717) is 17.1 Å². The maximum Gasteiger partial charge on any atom is 0.261 e. The summed E-state index contributed by atoms with van der Waals surface area (Å²) in [5, 5.41) is 14.1. The minimum Gasteiger partial charge on any atom is -0.478 e. The number of benzene rings is 1. The Morgan fingerprint density at radius 3 is 2.91 bits per heavy atom. The van der Waals surface area contributed by atoms with Gasteiger partial charge in [-0.15, -0.1) is 11.3 Å². The molecule has 0 bridgehead atoms. The van der Waals surface area contributed by atoms with Crippen molar-refractivity contribution in [1.82, 2.24) is 10.3 Å². The minimum absolute atomic E-state index is 0.0568. The van der Waals surface area contributed by atoms with Crippen molar-refractivity contribution in [1.29, 1.82) is 0 Å². The molecule has 1 amide bonds. The highest BCUT2D eigenvalue weighted by atomic mass is 32.1. The van der Waals surface area contributed by atoms with Crippen LogP contribution in [0.5, 0.6) is 5.75 Å². The maximum absolute atomic E-state index is 13.6. The van der Waals surface area contributed by atoms with E-state index in [-0.39, 0.29) is 24.8 Å². The molecular weight excluding hydrogens is 307 g/mol. The summed E-state index contributed by atoms with van der Waals surface area (Å²) >= 11 is 1.36. The largest absolute Gasteiger partial charge is 0.478 e. The summed E-state index contributed by atoms with van der Waals surface area (Å²) in [4.78, 5) is 16.2. The zero-order valence-electron chi connectivity index (χ0n) is 12.1. The highest BCUT2D eigenvalue weighted by Gasteiger charge is 2.19. The number of aliphatic hydroxyl groups excluding tert-OH is 1. The topological polar surface area (TPSA) is 71.5 Å². The van der Waals surface area contributed by atoms with Crippen molar-refractivity contribution >= 4 is 17.2 Å². The van der Waals surface area contributed by atoms with Crippen molar-refractivity contribution in [2.24, 2.45) is 0 Å². The van der Waals surface area contributed by atoms with Crippen LogP contribution in [-0.2, 0) is 17.9 Å². The highest BCUT2D eigenvalue weighted by molar-refractivity contribution is 7.09. The molecule has 0 aliphatic carbocycles. The lowest BCUT2D eigenvalue weighted by atomic mass is 10.2. The number of hydrogen-bond donors (Lipinski definition) is 2. The third kappa shape index (κ3) is 4.25. The molecule has 1 aromatic heterocycles. The van der Waals surface area contributed by atoms with Gasteiger partial charge in [0.15, 0.2) is 17.7 Å². The first-order valence-electron chi connectivity index (χ1n) is 6.87. The minimum atomic E-state index is -0.769. The average Bonchev–Trinajstić information content (AvgIpc) is 3.00. The molecule has 2 rings (SSSR count). The Balaban J connectivity index is 1.92. The number of para-hydroxylation sites is 1. The van der Waals surface area contributed by atoms with Gasteiger partial charge in [-0.05, 0) is 18.6 Å². The van der Waals surface area contributed by atoms with Gasteiger partial charge in [0.1, 0.15) is 5.01 Å². The van der Waals surface area contributed by atoms with E-state index in [4.69, 9.17) is 9.84 Å². The Hall–Kier alpha value is -1.99. The van der Waals surface area contributed by atoms with E-state index in [0.717, 1.165) is 0 Å².